The second kappa shape index (κ2) is 7.78. The Labute approximate surface area is 165 Å². The maximum atomic E-state index is 6.03. The lowest BCUT2D eigenvalue weighted by molar-refractivity contribution is 0.306. The number of nitrogens with zero attached hydrogens (tertiary/aromatic N) is 3. The molecule has 0 N–H and O–H groups in total. The van der Waals surface area contributed by atoms with E-state index in [1.165, 1.54) is 0 Å². The maximum absolute atomic E-state index is 6.03. The summed E-state index contributed by atoms with van der Waals surface area (Å²) in [6.07, 6.45) is 3.38. The molecule has 0 saturated carbocycles. The van der Waals surface area contributed by atoms with Gasteiger partial charge in [0.1, 0.15) is 12.4 Å². The van der Waals surface area contributed by atoms with Crippen LogP contribution < -0.4 is 4.74 Å². The zero-order valence-corrected chi connectivity index (χ0v) is 15.5. The number of benzene rings is 2. The van der Waals surface area contributed by atoms with Crippen LogP contribution in [0.3, 0.4) is 0 Å². The first-order valence-corrected chi connectivity index (χ1v) is 8.86. The Morgan fingerprint density at radius 2 is 1.81 bits per heavy atom. The van der Waals surface area contributed by atoms with Crippen LogP contribution in [0.2, 0.25) is 10.0 Å². The van der Waals surface area contributed by atoms with Gasteiger partial charge in [0.25, 0.3) is 5.89 Å². The topological polar surface area (TPSA) is 61.0 Å². The summed E-state index contributed by atoms with van der Waals surface area (Å²) in [6.45, 7) is 0.366. The molecule has 0 amide bonds. The highest BCUT2D eigenvalue weighted by molar-refractivity contribution is 6.42. The van der Waals surface area contributed by atoms with E-state index in [0.717, 1.165) is 16.7 Å². The lowest BCUT2D eigenvalue weighted by Crippen LogP contribution is -1.95. The van der Waals surface area contributed by atoms with E-state index in [-0.39, 0.29) is 0 Å². The molecule has 0 bridgehead atoms. The first kappa shape index (κ1) is 17.5. The third kappa shape index (κ3) is 4.10. The molecule has 0 aliphatic rings. The van der Waals surface area contributed by atoms with Gasteiger partial charge >= 0.3 is 0 Å². The molecule has 5 nitrogen and oxygen atoms in total. The predicted octanol–water partition coefficient (Wildman–Crippen LogP) is 5.68. The van der Waals surface area contributed by atoms with Gasteiger partial charge in [-0.3, -0.25) is 4.98 Å². The van der Waals surface area contributed by atoms with E-state index >= 15 is 0 Å². The molecule has 0 atom stereocenters. The molecule has 0 fully saturated rings. The van der Waals surface area contributed by atoms with Gasteiger partial charge < -0.3 is 9.26 Å². The zero-order chi connectivity index (χ0) is 18.6. The van der Waals surface area contributed by atoms with Crippen molar-refractivity contribution in [2.45, 2.75) is 6.61 Å². The average molecular weight is 398 g/mol. The van der Waals surface area contributed by atoms with Crippen molar-refractivity contribution in [2.24, 2.45) is 0 Å². The van der Waals surface area contributed by atoms with Crippen molar-refractivity contribution in [1.82, 2.24) is 15.1 Å². The number of aromatic nitrogens is 3. The number of ether oxygens (including phenoxy) is 1. The molecule has 2 heterocycles. The summed E-state index contributed by atoms with van der Waals surface area (Å²) in [5.74, 6) is 1.58. The Balaban J connectivity index is 1.51. The number of hydrogen-bond donors (Lipinski definition) is 0. The van der Waals surface area contributed by atoms with E-state index < -0.39 is 0 Å². The van der Waals surface area contributed by atoms with Crippen molar-refractivity contribution in [1.29, 1.82) is 0 Å². The summed E-state index contributed by atoms with van der Waals surface area (Å²) in [4.78, 5) is 8.49. The summed E-state index contributed by atoms with van der Waals surface area (Å²) in [6, 6.07) is 16.6. The fraction of sp³-hybridized carbons (Fsp3) is 0.0500. The molecular weight excluding hydrogens is 385 g/mol. The van der Waals surface area contributed by atoms with Gasteiger partial charge in [-0.1, -0.05) is 40.5 Å². The van der Waals surface area contributed by atoms with Crippen molar-refractivity contribution >= 4 is 23.2 Å². The first-order chi connectivity index (χ1) is 13.2. The third-order valence-corrected chi connectivity index (χ3v) is 4.56. The highest BCUT2D eigenvalue weighted by atomic mass is 35.5. The number of rotatable bonds is 5. The molecule has 2 aromatic heterocycles. The fourth-order valence-electron chi connectivity index (χ4n) is 2.47. The van der Waals surface area contributed by atoms with Crippen molar-refractivity contribution in [3.8, 4) is 28.6 Å². The first-order valence-electron chi connectivity index (χ1n) is 8.10. The normalized spacial score (nSPS) is 10.7. The summed E-state index contributed by atoms with van der Waals surface area (Å²) in [5.41, 5.74) is 2.48. The number of halogens is 2. The Bertz CT molecular complexity index is 1070. The predicted molar refractivity (Wildman–Crippen MR) is 104 cm³/mol. The second-order valence-electron chi connectivity index (χ2n) is 5.73. The van der Waals surface area contributed by atoms with Gasteiger partial charge in [-0.2, -0.15) is 4.98 Å². The van der Waals surface area contributed by atoms with Crippen LogP contribution >= 0.6 is 23.2 Å². The molecule has 0 aliphatic carbocycles. The molecule has 2 aromatic carbocycles. The van der Waals surface area contributed by atoms with Crippen LogP contribution in [-0.2, 0) is 6.61 Å². The number of pyridine rings is 1. The van der Waals surface area contributed by atoms with Crippen LogP contribution in [0.25, 0.3) is 22.8 Å². The van der Waals surface area contributed by atoms with Crippen LogP contribution in [0.4, 0.5) is 0 Å². The molecule has 27 heavy (non-hydrogen) atoms. The molecule has 0 aliphatic heterocycles. The van der Waals surface area contributed by atoms with E-state index in [1.807, 2.05) is 42.5 Å². The highest BCUT2D eigenvalue weighted by Crippen LogP contribution is 2.26. The Kier molecular flexibility index (Phi) is 5.05. The Morgan fingerprint density at radius 1 is 0.926 bits per heavy atom. The smallest absolute Gasteiger partial charge is 0.258 e. The average Bonchev–Trinajstić information content (AvgIpc) is 3.20. The van der Waals surface area contributed by atoms with Gasteiger partial charge in [-0.15, -0.1) is 0 Å². The van der Waals surface area contributed by atoms with Crippen molar-refractivity contribution in [3.63, 3.8) is 0 Å². The summed E-state index contributed by atoms with van der Waals surface area (Å²) < 4.78 is 11.2. The summed E-state index contributed by atoms with van der Waals surface area (Å²) >= 11 is 12.0. The van der Waals surface area contributed by atoms with E-state index in [9.17, 15) is 0 Å². The lowest BCUT2D eigenvalue weighted by atomic mass is 10.2. The summed E-state index contributed by atoms with van der Waals surface area (Å²) in [5, 5.41) is 5.03. The second-order valence-corrected chi connectivity index (χ2v) is 6.54. The van der Waals surface area contributed by atoms with Gasteiger partial charge in [-0.25, -0.2) is 0 Å². The van der Waals surface area contributed by atoms with Crippen LogP contribution in [0.1, 0.15) is 5.56 Å². The number of hydrogen-bond acceptors (Lipinski definition) is 5. The minimum atomic E-state index is 0.366. The van der Waals surface area contributed by atoms with E-state index in [4.69, 9.17) is 32.5 Å². The van der Waals surface area contributed by atoms with Crippen LogP contribution in [-0.4, -0.2) is 15.1 Å². The molecule has 4 rings (SSSR count). The minimum Gasteiger partial charge on any atom is -0.489 e. The van der Waals surface area contributed by atoms with E-state index in [2.05, 4.69) is 15.1 Å². The third-order valence-electron chi connectivity index (χ3n) is 3.82. The van der Waals surface area contributed by atoms with Crippen molar-refractivity contribution in [2.75, 3.05) is 0 Å². The SMILES string of the molecule is Clc1ccc(COc2cccc(-c3nc(-c4cccnc4)no3)c2)cc1Cl. The van der Waals surface area contributed by atoms with Gasteiger partial charge in [0.2, 0.25) is 5.82 Å². The molecule has 0 saturated heterocycles. The molecule has 0 unspecified atom stereocenters. The monoisotopic (exact) mass is 397 g/mol. The van der Waals surface area contributed by atoms with Crippen molar-refractivity contribution < 1.29 is 9.26 Å². The van der Waals surface area contributed by atoms with E-state index in [0.29, 0.717) is 34.1 Å². The van der Waals surface area contributed by atoms with Crippen LogP contribution in [0.5, 0.6) is 5.75 Å². The maximum Gasteiger partial charge on any atom is 0.258 e. The van der Waals surface area contributed by atoms with Crippen LogP contribution in [0, 0.1) is 0 Å². The minimum absolute atomic E-state index is 0.366. The molecular formula is C20H13Cl2N3O2. The van der Waals surface area contributed by atoms with Crippen molar-refractivity contribution in [3.05, 3.63) is 82.6 Å². The largest absolute Gasteiger partial charge is 0.489 e. The zero-order valence-electron chi connectivity index (χ0n) is 14.0. The van der Waals surface area contributed by atoms with Gasteiger partial charge in [0.05, 0.1) is 10.0 Å². The molecule has 134 valence electrons. The quantitative estimate of drug-likeness (QED) is 0.433. The standard InChI is InChI=1S/C20H13Cl2N3O2/c21-17-7-6-13(9-18(17)22)12-26-16-5-1-3-14(10-16)20-24-19(25-27-20)15-4-2-8-23-11-15/h1-11H,12H2. The molecule has 7 heteroatoms. The highest BCUT2D eigenvalue weighted by Gasteiger charge is 2.11. The van der Waals surface area contributed by atoms with Gasteiger partial charge in [0.15, 0.2) is 0 Å². The van der Waals surface area contributed by atoms with Crippen LogP contribution in [0.15, 0.2) is 71.5 Å². The van der Waals surface area contributed by atoms with E-state index in [1.54, 1.807) is 24.5 Å². The fourth-order valence-corrected chi connectivity index (χ4v) is 2.79. The Hall–Kier alpha value is -2.89. The Morgan fingerprint density at radius 3 is 2.63 bits per heavy atom. The molecule has 0 radical (unpaired) electrons. The van der Waals surface area contributed by atoms with Gasteiger partial charge in [0, 0.05) is 23.5 Å². The molecule has 0 spiro atoms. The lowest BCUT2D eigenvalue weighted by Gasteiger charge is -2.08. The molecule has 4 aromatic rings. The summed E-state index contributed by atoms with van der Waals surface area (Å²) in [7, 11) is 0. The van der Waals surface area contributed by atoms with Gasteiger partial charge in [-0.05, 0) is 48.0 Å².